The van der Waals surface area contributed by atoms with Crippen LogP contribution in [-0.2, 0) is 9.36 Å². The number of nitrogens with zero attached hydrogens (tertiary/aromatic N) is 1. The molecule has 2 aromatic rings. The van der Waals surface area contributed by atoms with Crippen LogP contribution in [0.25, 0.3) is 11.1 Å². The van der Waals surface area contributed by atoms with E-state index in [9.17, 15) is 23.7 Å². The molecule has 1 aromatic carbocycles. The van der Waals surface area contributed by atoms with Crippen molar-refractivity contribution >= 4 is 14.0 Å². The number of benzene rings is 1. The summed E-state index contributed by atoms with van der Waals surface area (Å²) < 4.78 is 31.1. The third-order valence-corrected chi connectivity index (χ3v) is 6.46. The highest BCUT2D eigenvalue weighted by molar-refractivity contribution is 7.42. The summed E-state index contributed by atoms with van der Waals surface area (Å²) in [5.74, 6) is 0.246. The first-order valence-electron chi connectivity index (χ1n) is 9.87. The average molecular weight is 447 g/mol. The number of esters is 1. The van der Waals surface area contributed by atoms with Gasteiger partial charge in [0, 0.05) is 11.3 Å². The quantitative estimate of drug-likeness (QED) is 0.374. The van der Waals surface area contributed by atoms with Crippen molar-refractivity contribution < 1.29 is 28.5 Å². The first-order chi connectivity index (χ1) is 14.4. The van der Waals surface area contributed by atoms with Gasteiger partial charge >= 0.3 is 5.97 Å². The molecule has 0 aliphatic carbocycles. The van der Waals surface area contributed by atoms with Crippen LogP contribution >= 0.6 is 8.03 Å². The Bertz CT molecular complexity index is 1030. The highest BCUT2D eigenvalue weighted by atomic mass is 31.1. The highest BCUT2D eigenvalue weighted by Crippen LogP contribution is 2.43. The van der Waals surface area contributed by atoms with E-state index >= 15 is 0 Å². The lowest BCUT2D eigenvalue weighted by molar-refractivity contribution is -0.138. The molecule has 0 bridgehead atoms. The maximum Gasteiger partial charge on any atom is 0.342 e. The van der Waals surface area contributed by atoms with Gasteiger partial charge in [-0.05, 0) is 42.5 Å². The number of aliphatic hydroxyl groups is 1. The summed E-state index contributed by atoms with van der Waals surface area (Å²) in [4.78, 5) is 27.4. The second-order valence-electron chi connectivity index (χ2n) is 7.95. The second kappa shape index (κ2) is 9.74. The Morgan fingerprint density at radius 1 is 1.19 bits per heavy atom. The van der Waals surface area contributed by atoms with Gasteiger partial charge in [0.1, 0.15) is 5.82 Å². The molecule has 0 radical (unpaired) electrons. The largest absolute Gasteiger partial charge is 0.422 e. The van der Waals surface area contributed by atoms with E-state index in [0.717, 1.165) is 12.6 Å². The van der Waals surface area contributed by atoms with Gasteiger partial charge in [-0.3, -0.25) is 9.55 Å². The van der Waals surface area contributed by atoms with Crippen LogP contribution in [0, 0.1) is 18.2 Å². The van der Waals surface area contributed by atoms with Crippen LogP contribution in [0.5, 0.6) is 5.75 Å². The zero-order chi connectivity index (χ0) is 23.5. The number of carbonyl (C=O) groups excluding carboxylic acids is 1. The molecule has 0 saturated heterocycles. The fourth-order valence-electron chi connectivity index (χ4n) is 3.06. The molecule has 2 N–H and O–H groups in total. The molecule has 6 nitrogen and oxygen atoms in total. The third kappa shape index (κ3) is 4.88. The Labute approximate surface area is 182 Å². The van der Waals surface area contributed by atoms with E-state index in [1.165, 1.54) is 24.3 Å². The van der Waals surface area contributed by atoms with Gasteiger partial charge in [-0.1, -0.05) is 45.7 Å². The van der Waals surface area contributed by atoms with Crippen LogP contribution in [0.3, 0.4) is 0 Å². The van der Waals surface area contributed by atoms with Gasteiger partial charge in [0.05, 0.1) is 11.8 Å². The Morgan fingerprint density at radius 2 is 1.77 bits per heavy atom. The van der Waals surface area contributed by atoms with Gasteiger partial charge in [-0.15, -0.1) is 6.42 Å². The molecule has 0 aliphatic heterocycles. The molecule has 0 aliphatic rings. The number of ether oxygens (including phenoxy) is 1. The van der Waals surface area contributed by atoms with Crippen LogP contribution in [0.15, 0.2) is 30.3 Å². The lowest BCUT2D eigenvalue weighted by Crippen LogP contribution is -2.46. The van der Waals surface area contributed by atoms with E-state index in [2.05, 4.69) is 4.98 Å². The van der Waals surface area contributed by atoms with Crippen molar-refractivity contribution in [1.29, 1.82) is 0 Å². The number of pyridine rings is 1. The zero-order valence-corrected chi connectivity index (χ0v) is 19.1. The molecule has 166 valence electrons. The number of hydrogen-bond acceptors (Lipinski definition) is 5. The second-order valence-corrected chi connectivity index (χ2v) is 9.35. The van der Waals surface area contributed by atoms with E-state index < -0.39 is 31.1 Å². The molecular weight excluding hydrogens is 420 g/mol. The van der Waals surface area contributed by atoms with Crippen LogP contribution in [0.1, 0.15) is 57.8 Å². The number of hydrogen-bond donors (Lipinski definition) is 2. The van der Waals surface area contributed by atoms with Crippen molar-refractivity contribution in [2.75, 3.05) is 0 Å². The van der Waals surface area contributed by atoms with Crippen molar-refractivity contribution in [3.8, 4) is 29.2 Å². The number of aromatic nitrogens is 1. The van der Waals surface area contributed by atoms with Crippen LogP contribution in [0.2, 0.25) is 0 Å². The predicted molar refractivity (Wildman–Crippen MR) is 118 cm³/mol. The lowest BCUT2D eigenvalue weighted by atomic mass is 9.96. The summed E-state index contributed by atoms with van der Waals surface area (Å²) in [7, 11) is -3.72. The maximum atomic E-state index is 13.5. The van der Waals surface area contributed by atoms with Gasteiger partial charge in [-0.2, -0.15) is 0 Å². The van der Waals surface area contributed by atoms with E-state index in [0.29, 0.717) is 16.8 Å². The average Bonchev–Trinajstić information content (AvgIpc) is 2.68. The lowest BCUT2D eigenvalue weighted by Gasteiger charge is -2.27. The summed E-state index contributed by atoms with van der Waals surface area (Å²) in [6, 6.07) is 7.36. The van der Waals surface area contributed by atoms with Crippen molar-refractivity contribution in [3.63, 3.8) is 0 Å². The number of aliphatic hydroxyl groups excluding tert-OH is 1. The van der Waals surface area contributed by atoms with E-state index in [1.54, 1.807) is 6.07 Å². The van der Waals surface area contributed by atoms with Crippen molar-refractivity contribution in [1.82, 2.24) is 4.98 Å². The molecule has 3 atom stereocenters. The molecule has 3 unspecified atom stereocenters. The Kier molecular flexibility index (Phi) is 7.77. The molecule has 0 spiro atoms. The van der Waals surface area contributed by atoms with Gasteiger partial charge in [0.25, 0.3) is 0 Å². The summed E-state index contributed by atoms with van der Waals surface area (Å²) in [6.07, 6.45) is 3.77. The predicted octanol–water partition coefficient (Wildman–Crippen LogP) is 4.26. The Morgan fingerprint density at radius 3 is 2.19 bits per heavy atom. The van der Waals surface area contributed by atoms with Gasteiger partial charge < -0.3 is 14.7 Å². The highest BCUT2D eigenvalue weighted by Gasteiger charge is 2.49. The molecule has 0 saturated carbocycles. The van der Waals surface area contributed by atoms with E-state index in [1.807, 2.05) is 33.6 Å². The molecule has 2 rings (SSSR count). The van der Waals surface area contributed by atoms with Crippen LogP contribution < -0.4 is 4.74 Å². The number of carbonyl (C=O) groups is 1. The first-order valence-corrected chi connectivity index (χ1v) is 11.2. The summed E-state index contributed by atoms with van der Waals surface area (Å²) in [5, 5.41) is 7.65. The topological polar surface area (TPSA) is 96.7 Å². The molecule has 31 heavy (non-hydrogen) atoms. The normalized spacial score (nSPS) is 15.3. The van der Waals surface area contributed by atoms with E-state index in [4.69, 9.17) is 11.2 Å². The van der Waals surface area contributed by atoms with Gasteiger partial charge in [0.2, 0.25) is 13.2 Å². The molecular formula is C23H27FNO5P. The van der Waals surface area contributed by atoms with Crippen molar-refractivity contribution in [3.05, 3.63) is 47.5 Å². The number of rotatable bonds is 7. The van der Waals surface area contributed by atoms with Crippen molar-refractivity contribution in [2.45, 2.75) is 57.7 Å². The number of halogens is 1. The van der Waals surface area contributed by atoms with E-state index in [-0.39, 0.29) is 17.6 Å². The minimum absolute atomic E-state index is 0.0533. The molecule has 1 heterocycles. The fourth-order valence-corrected chi connectivity index (χ4v) is 3.77. The fraction of sp³-hybridized carbons (Fsp3) is 0.391. The standard InChI is InChI=1S/C23H27FNO5P/c1-7-23(15(6)26,31(28)29)22(27)30-21-18(16-8-10-17(24)11-9-16)12-19(13(2)3)25-20(21)14(4)5/h1,8-15,26,31H,2-6H3,(H,28,29). The Balaban J connectivity index is 2.78. The zero-order valence-electron chi connectivity index (χ0n) is 18.1. The third-order valence-electron chi connectivity index (χ3n) is 5.02. The molecule has 8 heteroatoms. The van der Waals surface area contributed by atoms with Crippen LogP contribution in [0.4, 0.5) is 4.39 Å². The summed E-state index contributed by atoms with van der Waals surface area (Å²) in [5.41, 5.74) is 2.20. The molecule has 0 amide bonds. The molecule has 0 fully saturated rings. The summed E-state index contributed by atoms with van der Waals surface area (Å²) in [6.45, 7) is 8.79. The monoisotopic (exact) mass is 447 g/mol. The molecule has 1 aromatic heterocycles. The number of terminal acetylenes is 1. The van der Waals surface area contributed by atoms with Crippen LogP contribution in [-0.4, -0.2) is 32.2 Å². The maximum absolute atomic E-state index is 13.5. The Hall–Kier alpha value is -2.52. The minimum atomic E-state index is -3.72. The first kappa shape index (κ1) is 24.7. The van der Waals surface area contributed by atoms with Gasteiger partial charge in [-0.25, -0.2) is 9.18 Å². The smallest absolute Gasteiger partial charge is 0.342 e. The van der Waals surface area contributed by atoms with Gasteiger partial charge in [0.15, 0.2) is 5.75 Å². The minimum Gasteiger partial charge on any atom is -0.422 e. The summed E-state index contributed by atoms with van der Waals surface area (Å²) >= 11 is 0. The van der Waals surface area contributed by atoms with Crippen molar-refractivity contribution in [2.24, 2.45) is 0 Å². The SMILES string of the molecule is C#CC(C(=O)Oc1c(-c2ccc(F)cc2)cc(C(C)C)nc1C(C)C)(C(C)O)[PH](=O)O.